The van der Waals surface area contributed by atoms with Crippen LogP contribution in [-0.4, -0.2) is 0 Å². The van der Waals surface area contributed by atoms with Crippen LogP contribution in [0, 0.1) is 0 Å². The summed E-state index contributed by atoms with van der Waals surface area (Å²) < 4.78 is 6.32. The molecule has 0 saturated heterocycles. The highest BCUT2D eigenvalue weighted by Crippen LogP contribution is 2.63. The monoisotopic (exact) mass is 600 g/mol. The predicted molar refractivity (Wildman–Crippen MR) is 192 cm³/mol. The number of hydrogen-bond donors (Lipinski definition) is 0. The Kier molecular flexibility index (Phi) is 5.33. The number of para-hydroxylation sites is 1. The Morgan fingerprint density at radius 3 is 1.32 bits per heavy atom. The third-order valence-electron chi connectivity index (χ3n) is 11.0. The van der Waals surface area contributed by atoms with Crippen molar-refractivity contribution in [1.29, 1.82) is 0 Å². The summed E-state index contributed by atoms with van der Waals surface area (Å²) >= 11 is 0. The molecule has 47 heavy (non-hydrogen) atoms. The molecule has 7 aromatic rings. The summed E-state index contributed by atoms with van der Waals surface area (Å²) in [5, 5.41) is 0. The van der Waals surface area contributed by atoms with Crippen LogP contribution in [0.4, 0.5) is 0 Å². The first-order valence-corrected chi connectivity index (χ1v) is 16.5. The van der Waals surface area contributed by atoms with Gasteiger partial charge in [0.2, 0.25) is 0 Å². The number of hydrogen-bond acceptors (Lipinski definition) is 1. The molecule has 10 rings (SSSR count). The van der Waals surface area contributed by atoms with Crippen LogP contribution < -0.4 is 4.74 Å². The first-order chi connectivity index (χ1) is 23.0. The lowest BCUT2D eigenvalue weighted by Gasteiger charge is -2.34. The van der Waals surface area contributed by atoms with Gasteiger partial charge in [-0.3, -0.25) is 0 Å². The van der Waals surface area contributed by atoms with Gasteiger partial charge in [0.05, 0.1) is 5.41 Å². The van der Waals surface area contributed by atoms with Gasteiger partial charge in [-0.05, 0) is 91.0 Å². The number of benzene rings is 7. The summed E-state index contributed by atoms with van der Waals surface area (Å²) in [6.45, 7) is 4.58. The van der Waals surface area contributed by atoms with Gasteiger partial charge in [-0.15, -0.1) is 0 Å². The summed E-state index contributed by atoms with van der Waals surface area (Å²) in [7, 11) is 0. The van der Waals surface area contributed by atoms with E-state index < -0.39 is 0 Å². The molecule has 0 aromatic heterocycles. The van der Waals surface area contributed by atoms with Crippen molar-refractivity contribution in [2.75, 3.05) is 0 Å². The van der Waals surface area contributed by atoms with Gasteiger partial charge in [0.25, 0.3) is 0 Å². The molecule has 0 N–H and O–H groups in total. The average molecular weight is 601 g/mol. The minimum Gasteiger partial charge on any atom is -0.457 e. The fourth-order valence-electron chi connectivity index (χ4n) is 8.75. The fraction of sp³-hybridized carbons (Fsp3) is 0.0870. The van der Waals surface area contributed by atoms with E-state index >= 15 is 0 Å². The fourth-order valence-corrected chi connectivity index (χ4v) is 8.75. The minimum absolute atomic E-state index is 0.143. The SMILES string of the molecule is CC1(C)c2ccccc2Oc2ccc(-c3ccc(-c4ccc5c(c4)C4(c6ccccc6-c6ccccc64)c4ccccc4-5)cc3)cc21. The van der Waals surface area contributed by atoms with Gasteiger partial charge in [-0.25, -0.2) is 0 Å². The zero-order valence-electron chi connectivity index (χ0n) is 26.4. The third kappa shape index (κ3) is 3.49. The van der Waals surface area contributed by atoms with Crippen molar-refractivity contribution in [2.24, 2.45) is 0 Å². The van der Waals surface area contributed by atoms with Crippen LogP contribution in [0.2, 0.25) is 0 Å². The topological polar surface area (TPSA) is 9.23 Å². The zero-order valence-corrected chi connectivity index (χ0v) is 26.4. The molecule has 3 aliphatic rings. The van der Waals surface area contributed by atoms with E-state index in [0.29, 0.717) is 0 Å². The molecule has 222 valence electrons. The van der Waals surface area contributed by atoms with Crippen LogP contribution in [0.5, 0.6) is 11.5 Å². The molecule has 0 saturated carbocycles. The first-order valence-electron chi connectivity index (χ1n) is 16.5. The van der Waals surface area contributed by atoms with Crippen molar-refractivity contribution in [2.45, 2.75) is 24.7 Å². The first kappa shape index (κ1) is 26.5. The summed E-state index contributed by atoms with van der Waals surface area (Å²) in [6.07, 6.45) is 0. The summed E-state index contributed by atoms with van der Waals surface area (Å²) in [6, 6.07) is 58.2. The van der Waals surface area contributed by atoms with Crippen LogP contribution in [0.3, 0.4) is 0 Å². The van der Waals surface area contributed by atoms with Crippen LogP contribution in [0.15, 0.2) is 158 Å². The Hall–Kier alpha value is -5.66. The lowest BCUT2D eigenvalue weighted by molar-refractivity contribution is 0.418. The van der Waals surface area contributed by atoms with Crippen molar-refractivity contribution in [1.82, 2.24) is 0 Å². The standard InChI is InChI=1S/C46H32O/c1-45(2)40-17-9-10-18-43(40)47-44-26-24-32(28-42(44)45)30-21-19-29(20-22-30)31-23-25-36-35-13-5-8-16-39(35)46(41(36)27-31)37-14-6-3-11-33(37)34-12-4-7-15-38(34)46/h3-28H,1-2H3. The molecule has 0 radical (unpaired) electrons. The summed E-state index contributed by atoms with van der Waals surface area (Å²) in [5.74, 6) is 1.89. The van der Waals surface area contributed by atoms with Crippen LogP contribution >= 0.6 is 0 Å². The Labute approximate surface area is 275 Å². The lowest BCUT2D eigenvalue weighted by Crippen LogP contribution is -2.25. The molecule has 1 aliphatic heterocycles. The summed E-state index contributed by atoms with van der Waals surface area (Å²) in [5.41, 5.74) is 17.7. The van der Waals surface area contributed by atoms with E-state index in [-0.39, 0.29) is 10.8 Å². The van der Waals surface area contributed by atoms with E-state index in [0.717, 1.165) is 11.5 Å². The molecular formula is C46H32O. The normalized spacial score (nSPS) is 15.1. The Morgan fingerprint density at radius 2 is 0.745 bits per heavy atom. The molecule has 0 fully saturated rings. The molecule has 0 bridgehead atoms. The quantitative estimate of drug-likeness (QED) is 0.192. The molecule has 1 nitrogen and oxygen atoms in total. The van der Waals surface area contributed by atoms with Gasteiger partial charge in [-0.1, -0.05) is 147 Å². The van der Waals surface area contributed by atoms with Crippen molar-refractivity contribution in [3.63, 3.8) is 0 Å². The van der Waals surface area contributed by atoms with E-state index in [1.165, 1.54) is 77.9 Å². The van der Waals surface area contributed by atoms with E-state index in [4.69, 9.17) is 4.74 Å². The molecule has 1 spiro atoms. The largest absolute Gasteiger partial charge is 0.457 e. The molecule has 2 aliphatic carbocycles. The van der Waals surface area contributed by atoms with Crippen molar-refractivity contribution in [3.8, 4) is 56.0 Å². The lowest BCUT2D eigenvalue weighted by atomic mass is 9.70. The van der Waals surface area contributed by atoms with Gasteiger partial charge in [0, 0.05) is 16.5 Å². The molecule has 0 amide bonds. The van der Waals surface area contributed by atoms with Crippen molar-refractivity contribution >= 4 is 0 Å². The molecule has 1 heterocycles. The van der Waals surface area contributed by atoms with Gasteiger partial charge >= 0.3 is 0 Å². The second-order valence-electron chi connectivity index (χ2n) is 13.7. The highest BCUT2D eigenvalue weighted by Gasteiger charge is 2.51. The third-order valence-corrected chi connectivity index (χ3v) is 11.0. The van der Waals surface area contributed by atoms with Crippen molar-refractivity contribution < 1.29 is 4.74 Å². The highest BCUT2D eigenvalue weighted by molar-refractivity contribution is 5.96. The zero-order chi connectivity index (χ0) is 31.3. The summed E-state index contributed by atoms with van der Waals surface area (Å²) in [4.78, 5) is 0. The van der Waals surface area contributed by atoms with Gasteiger partial charge in [0.15, 0.2) is 0 Å². The maximum absolute atomic E-state index is 6.32. The number of ether oxygens (including phenoxy) is 1. The molecule has 1 heteroatoms. The van der Waals surface area contributed by atoms with Crippen LogP contribution in [0.25, 0.3) is 44.5 Å². The second-order valence-corrected chi connectivity index (χ2v) is 13.7. The second kappa shape index (κ2) is 9.44. The average Bonchev–Trinajstić information content (AvgIpc) is 3.59. The smallest absolute Gasteiger partial charge is 0.131 e. The predicted octanol–water partition coefficient (Wildman–Crippen LogP) is 11.8. The Bertz CT molecular complexity index is 2350. The maximum atomic E-state index is 6.32. The Morgan fingerprint density at radius 1 is 0.340 bits per heavy atom. The number of fused-ring (bicyclic) bond motifs is 12. The molecule has 0 atom stereocenters. The van der Waals surface area contributed by atoms with Crippen LogP contribution in [0.1, 0.15) is 47.2 Å². The maximum Gasteiger partial charge on any atom is 0.131 e. The van der Waals surface area contributed by atoms with Gasteiger partial charge in [-0.2, -0.15) is 0 Å². The van der Waals surface area contributed by atoms with Crippen molar-refractivity contribution in [3.05, 3.63) is 191 Å². The van der Waals surface area contributed by atoms with Gasteiger partial charge < -0.3 is 4.74 Å². The molecular weight excluding hydrogens is 569 g/mol. The Balaban J connectivity index is 1.08. The molecule has 0 unspecified atom stereocenters. The van der Waals surface area contributed by atoms with Crippen LogP contribution in [-0.2, 0) is 10.8 Å². The van der Waals surface area contributed by atoms with E-state index in [1.807, 2.05) is 6.07 Å². The number of rotatable bonds is 2. The van der Waals surface area contributed by atoms with E-state index in [2.05, 4.69) is 166 Å². The molecule has 7 aromatic carbocycles. The highest BCUT2D eigenvalue weighted by atomic mass is 16.5. The van der Waals surface area contributed by atoms with E-state index in [1.54, 1.807) is 0 Å². The van der Waals surface area contributed by atoms with E-state index in [9.17, 15) is 0 Å². The van der Waals surface area contributed by atoms with Gasteiger partial charge in [0.1, 0.15) is 11.5 Å². The minimum atomic E-state index is -0.328.